The van der Waals surface area contributed by atoms with Crippen LogP contribution in [0.25, 0.3) is 0 Å². The van der Waals surface area contributed by atoms with E-state index in [2.05, 4.69) is 33.6 Å². The number of ether oxygens (including phenoxy) is 1. The number of hydrogen-bond donors (Lipinski definition) is 1. The van der Waals surface area contributed by atoms with Crippen molar-refractivity contribution in [1.82, 2.24) is 14.8 Å². The van der Waals surface area contributed by atoms with Crippen LogP contribution in [0.5, 0.6) is 5.75 Å². The summed E-state index contributed by atoms with van der Waals surface area (Å²) in [5.74, 6) is 1.64. The smallest absolute Gasteiger partial charge is 0.222 e. The van der Waals surface area contributed by atoms with Gasteiger partial charge in [-0.1, -0.05) is 41.9 Å². The molecule has 1 aliphatic rings. The van der Waals surface area contributed by atoms with Crippen LogP contribution in [0.3, 0.4) is 0 Å². The molecule has 2 aromatic carbocycles. The zero-order valence-corrected chi connectivity index (χ0v) is 14.6. The van der Waals surface area contributed by atoms with Gasteiger partial charge in [-0.25, -0.2) is 4.68 Å². The van der Waals surface area contributed by atoms with E-state index in [1.165, 1.54) is 5.56 Å². The van der Waals surface area contributed by atoms with E-state index in [9.17, 15) is 0 Å². The van der Waals surface area contributed by atoms with Crippen LogP contribution in [0.1, 0.15) is 36.6 Å². The minimum atomic E-state index is 0.0852. The van der Waals surface area contributed by atoms with E-state index < -0.39 is 0 Å². The molecule has 0 radical (unpaired) electrons. The first-order chi connectivity index (χ1) is 12.3. The topological polar surface area (TPSA) is 52.0 Å². The molecule has 1 aromatic heterocycles. The minimum Gasteiger partial charge on any atom is -0.494 e. The normalized spacial score (nSPS) is 19.1. The quantitative estimate of drug-likeness (QED) is 0.750. The molecule has 0 aliphatic carbocycles. The third-order valence-electron chi connectivity index (χ3n) is 4.49. The molecule has 0 amide bonds. The van der Waals surface area contributed by atoms with Gasteiger partial charge in [0.15, 0.2) is 0 Å². The zero-order valence-electron chi connectivity index (χ0n) is 13.9. The first-order valence-corrected chi connectivity index (χ1v) is 8.77. The third kappa shape index (κ3) is 3.07. The number of hydrogen-bond acceptors (Lipinski definition) is 4. The van der Waals surface area contributed by atoms with Gasteiger partial charge >= 0.3 is 0 Å². The maximum absolute atomic E-state index is 6.41. The maximum atomic E-state index is 6.41. The van der Waals surface area contributed by atoms with Gasteiger partial charge in [-0.3, -0.25) is 0 Å². The number of nitrogens with zero attached hydrogens (tertiary/aromatic N) is 3. The molecule has 0 unspecified atom stereocenters. The van der Waals surface area contributed by atoms with Crippen LogP contribution in [0.15, 0.2) is 54.9 Å². The van der Waals surface area contributed by atoms with Gasteiger partial charge in [-0.05, 0) is 42.7 Å². The minimum absolute atomic E-state index is 0.0852. The third-order valence-corrected chi connectivity index (χ3v) is 4.83. The van der Waals surface area contributed by atoms with Crippen LogP contribution in [-0.2, 0) is 0 Å². The highest BCUT2D eigenvalue weighted by atomic mass is 35.5. The Morgan fingerprint density at radius 1 is 1.20 bits per heavy atom. The average Bonchev–Trinajstić information content (AvgIpc) is 3.11. The summed E-state index contributed by atoms with van der Waals surface area (Å²) in [4.78, 5) is 4.36. The summed E-state index contributed by atoms with van der Waals surface area (Å²) in [7, 11) is 0. The van der Waals surface area contributed by atoms with Crippen molar-refractivity contribution >= 4 is 17.5 Å². The molecule has 3 aromatic rings. The fourth-order valence-corrected chi connectivity index (χ4v) is 3.58. The van der Waals surface area contributed by atoms with Gasteiger partial charge < -0.3 is 10.1 Å². The molecule has 6 heteroatoms. The van der Waals surface area contributed by atoms with Crippen LogP contribution in [0, 0.1) is 0 Å². The lowest BCUT2D eigenvalue weighted by atomic mass is 9.93. The highest BCUT2D eigenvalue weighted by molar-refractivity contribution is 6.31. The highest BCUT2D eigenvalue weighted by Gasteiger charge is 2.30. The Kier molecular flexibility index (Phi) is 4.32. The second-order valence-corrected chi connectivity index (χ2v) is 6.41. The van der Waals surface area contributed by atoms with E-state index >= 15 is 0 Å². The molecule has 0 saturated heterocycles. The SMILES string of the molecule is CCOc1ccc([C@H]2C[C@@H](c3ccccc3Cl)Nc3ncnn32)cc1. The number of nitrogens with one attached hydrogen (secondary N) is 1. The monoisotopic (exact) mass is 354 g/mol. The second-order valence-electron chi connectivity index (χ2n) is 6.00. The number of benzene rings is 2. The Balaban J connectivity index is 1.68. The number of rotatable bonds is 4. The molecule has 128 valence electrons. The molecule has 5 nitrogen and oxygen atoms in total. The van der Waals surface area contributed by atoms with Gasteiger partial charge in [0.05, 0.1) is 18.7 Å². The number of aromatic nitrogens is 3. The van der Waals surface area contributed by atoms with E-state index in [1.54, 1.807) is 6.33 Å². The van der Waals surface area contributed by atoms with Crippen molar-refractivity contribution in [1.29, 1.82) is 0 Å². The van der Waals surface area contributed by atoms with Crippen molar-refractivity contribution in [2.45, 2.75) is 25.4 Å². The molecular formula is C19H19ClN4O. The molecule has 0 bridgehead atoms. The van der Waals surface area contributed by atoms with Crippen LogP contribution in [0.4, 0.5) is 5.95 Å². The van der Waals surface area contributed by atoms with Crippen LogP contribution in [-0.4, -0.2) is 21.4 Å². The maximum Gasteiger partial charge on any atom is 0.222 e. The first-order valence-electron chi connectivity index (χ1n) is 8.39. The van der Waals surface area contributed by atoms with Crippen molar-refractivity contribution in [2.75, 3.05) is 11.9 Å². The van der Waals surface area contributed by atoms with Crippen LogP contribution in [0.2, 0.25) is 5.02 Å². The Bertz CT molecular complexity index is 862. The lowest BCUT2D eigenvalue weighted by Gasteiger charge is -2.32. The van der Waals surface area contributed by atoms with Crippen molar-refractivity contribution in [3.8, 4) is 5.75 Å². The van der Waals surface area contributed by atoms with Crippen LogP contribution < -0.4 is 10.1 Å². The summed E-state index contributed by atoms with van der Waals surface area (Å²) in [5, 5.41) is 8.61. The van der Waals surface area contributed by atoms with E-state index in [-0.39, 0.29) is 12.1 Å². The molecule has 0 fully saturated rings. The predicted octanol–water partition coefficient (Wildman–Crippen LogP) is 4.48. The largest absolute Gasteiger partial charge is 0.494 e. The van der Waals surface area contributed by atoms with Gasteiger partial charge in [-0.2, -0.15) is 10.1 Å². The summed E-state index contributed by atoms with van der Waals surface area (Å²) in [5.41, 5.74) is 2.25. The first kappa shape index (κ1) is 16.0. The Morgan fingerprint density at radius 3 is 2.76 bits per heavy atom. The summed E-state index contributed by atoms with van der Waals surface area (Å²) >= 11 is 6.41. The molecule has 25 heavy (non-hydrogen) atoms. The molecule has 1 N–H and O–H groups in total. The van der Waals surface area contributed by atoms with Crippen LogP contribution >= 0.6 is 11.6 Å². The molecule has 0 saturated carbocycles. The average molecular weight is 355 g/mol. The van der Waals surface area contributed by atoms with E-state index in [0.29, 0.717) is 6.61 Å². The molecular weight excluding hydrogens is 336 g/mol. The number of fused-ring (bicyclic) bond motifs is 1. The van der Waals surface area contributed by atoms with Gasteiger partial charge in [0, 0.05) is 5.02 Å². The van der Waals surface area contributed by atoms with E-state index in [1.807, 2.05) is 41.9 Å². The summed E-state index contributed by atoms with van der Waals surface area (Å²) in [6.07, 6.45) is 2.42. The molecule has 0 spiro atoms. The van der Waals surface area contributed by atoms with Crippen molar-refractivity contribution < 1.29 is 4.74 Å². The van der Waals surface area contributed by atoms with E-state index in [4.69, 9.17) is 16.3 Å². The fourth-order valence-electron chi connectivity index (χ4n) is 3.31. The van der Waals surface area contributed by atoms with Crippen molar-refractivity contribution in [2.24, 2.45) is 0 Å². The van der Waals surface area contributed by atoms with Gasteiger partial charge in [0.25, 0.3) is 0 Å². The summed E-state index contributed by atoms with van der Waals surface area (Å²) in [6.45, 7) is 2.64. The Labute approximate surface area is 151 Å². The molecule has 2 atom stereocenters. The summed E-state index contributed by atoms with van der Waals surface area (Å²) < 4.78 is 7.48. The predicted molar refractivity (Wildman–Crippen MR) is 98.2 cm³/mol. The van der Waals surface area contributed by atoms with E-state index in [0.717, 1.165) is 28.7 Å². The second kappa shape index (κ2) is 6.76. The standard InChI is InChI=1S/C19H19ClN4O/c1-2-25-14-9-7-13(8-10-14)18-11-17(15-5-3-4-6-16(15)20)23-19-21-12-22-24(18)19/h3-10,12,17-18H,2,11H2,1H3,(H,21,22,23)/t17-,18+/m0/s1. The molecule has 4 rings (SSSR count). The zero-order chi connectivity index (χ0) is 17.2. The van der Waals surface area contributed by atoms with Gasteiger partial charge in [0.2, 0.25) is 5.95 Å². The van der Waals surface area contributed by atoms with Gasteiger partial charge in [0.1, 0.15) is 12.1 Å². The molecule has 2 heterocycles. The molecule has 1 aliphatic heterocycles. The van der Waals surface area contributed by atoms with Gasteiger partial charge in [-0.15, -0.1) is 0 Å². The van der Waals surface area contributed by atoms with Crippen molar-refractivity contribution in [3.05, 3.63) is 71.0 Å². The number of anilines is 1. The Hall–Kier alpha value is -2.53. The van der Waals surface area contributed by atoms with Crippen molar-refractivity contribution in [3.63, 3.8) is 0 Å². The fraction of sp³-hybridized carbons (Fsp3) is 0.263. The number of halogens is 1. The Morgan fingerprint density at radius 2 is 2.00 bits per heavy atom. The lowest BCUT2D eigenvalue weighted by Crippen LogP contribution is -2.28. The summed E-state index contributed by atoms with van der Waals surface area (Å²) in [6, 6.07) is 16.3. The lowest BCUT2D eigenvalue weighted by molar-refractivity contribution is 0.340. The highest BCUT2D eigenvalue weighted by Crippen LogP contribution is 2.39.